The monoisotopic (exact) mass is 139 g/mol. The molecule has 0 atom stereocenters. The van der Waals surface area contributed by atoms with E-state index in [1.807, 2.05) is 32.1 Å². The molecule has 0 radical (unpaired) electrons. The molecule has 2 N–H and O–H groups in total. The first-order valence-corrected chi connectivity index (χ1v) is 3.27. The number of hydrogen-bond donors (Lipinski definition) is 1. The summed E-state index contributed by atoms with van der Waals surface area (Å²) in [7, 11) is 0. The Morgan fingerprint density at radius 1 is 1.50 bits per heavy atom. The molecule has 0 heterocycles. The summed E-state index contributed by atoms with van der Waals surface area (Å²) < 4.78 is 0. The van der Waals surface area contributed by atoms with E-state index in [4.69, 9.17) is 5.73 Å². The molecule has 0 aliphatic heterocycles. The number of carbonyl (C=O) groups is 1. The Bertz CT molecular complexity index is 168. The van der Waals surface area contributed by atoms with Crippen LogP contribution in [0.4, 0.5) is 0 Å². The average molecular weight is 139 g/mol. The zero-order valence-corrected chi connectivity index (χ0v) is 6.42. The molecule has 0 unspecified atom stereocenters. The highest BCUT2D eigenvalue weighted by Crippen LogP contribution is 2.01. The Balaban J connectivity index is 3.98. The Hall–Kier alpha value is -1.05. The molecule has 56 valence electrons. The third-order valence-corrected chi connectivity index (χ3v) is 1.13. The van der Waals surface area contributed by atoms with Crippen LogP contribution in [0.3, 0.4) is 0 Å². The normalized spacial score (nSPS) is 12.4. The third-order valence-electron chi connectivity index (χ3n) is 1.13. The van der Waals surface area contributed by atoms with Crippen molar-refractivity contribution in [3.05, 3.63) is 23.8 Å². The molecule has 1 amide bonds. The average Bonchev–Trinajstić information content (AvgIpc) is 1.86. The van der Waals surface area contributed by atoms with Crippen LogP contribution >= 0.6 is 0 Å². The SMILES string of the molecule is C/C=C\C(=C/C)CC(N)=O. The van der Waals surface area contributed by atoms with Crippen LogP contribution in [0.5, 0.6) is 0 Å². The summed E-state index contributed by atoms with van der Waals surface area (Å²) in [5, 5.41) is 0. The summed E-state index contributed by atoms with van der Waals surface area (Å²) in [6.07, 6.45) is 5.98. The van der Waals surface area contributed by atoms with Crippen molar-refractivity contribution in [2.75, 3.05) is 0 Å². The molecule has 0 bridgehead atoms. The maximum atomic E-state index is 10.4. The van der Waals surface area contributed by atoms with Gasteiger partial charge in [0.05, 0.1) is 6.42 Å². The van der Waals surface area contributed by atoms with Gasteiger partial charge in [0.1, 0.15) is 0 Å². The molecule has 0 aromatic heterocycles. The molecular formula is C8H13NO. The predicted octanol–water partition coefficient (Wildman–Crippen LogP) is 1.38. The van der Waals surface area contributed by atoms with Gasteiger partial charge in [-0.2, -0.15) is 0 Å². The maximum absolute atomic E-state index is 10.4. The van der Waals surface area contributed by atoms with Gasteiger partial charge in [0.25, 0.3) is 0 Å². The summed E-state index contributed by atoms with van der Waals surface area (Å²) in [6, 6.07) is 0. The number of rotatable bonds is 3. The molecule has 0 aliphatic rings. The molecule has 10 heavy (non-hydrogen) atoms. The molecule has 2 nitrogen and oxygen atoms in total. The van der Waals surface area contributed by atoms with Crippen molar-refractivity contribution in [2.24, 2.45) is 5.73 Å². The second-order valence-electron chi connectivity index (χ2n) is 2.01. The van der Waals surface area contributed by atoms with Crippen LogP contribution in [0, 0.1) is 0 Å². The molecular weight excluding hydrogens is 126 g/mol. The highest BCUT2D eigenvalue weighted by Gasteiger charge is 1.94. The number of hydrogen-bond acceptors (Lipinski definition) is 1. The zero-order chi connectivity index (χ0) is 7.98. The highest BCUT2D eigenvalue weighted by molar-refractivity contribution is 5.77. The molecule has 0 rings (SSSR count). The zero-order valence-electron chi connectivity index (χ0n) is 6.42. The van der Waals surface area contributed by atoms with Crippen molar-refractivity contribution in [2.45, 2.75) is 20.3 Å². The minimum atomic E-state index is -0.286. The van der Waals surface area contributed by atoms with Crippen LogP contribution in [0.1, 0.15) is 20.3 Å². The van der Waals surface area contributed by atoms with Crippen LogP contribution in [-0.2, 0) is 4.79 Å². The Morgan fingerprint density at radius 3 is 2.40 bits per heavy atom. The van der Waals surface area contributed by atoms with Crippen LogP contribution in [0.15, 0.2) is 23.8 Å². The molecule has 0 saturated heterocycles. The fraction of sp³-hybridized carbons (Fsp3) is 0.375. The molecule has 0 fully saturated rings. The van der Waals surface area contributed by atoms with E-state index in [0.717, 1.165) is 5.57 Å². The van der Waals surface area contributed by atoms with Crippen molar-refractivity contribution in [3.8, 4) is 0 Å². The van der Waals surface area contributed by atoms with E-state index in [1.165, 1.54) is 0 Å². The summed E-state index contributed by atoms with van der Waals surface area (Å²) in [5.74, 6) is -0.286. The lowest BCUT2D eigenvalue weighted by atomic mass is 10.1. The van der Waals surface area contributed by atoms with Crippen LogP contribution in [0.25, 0.3) is 0 Å². The standard InChI is InChI=1S/C8H13NO/c1-3-5-7(4-2)6-8(9)10/h3-5H,6H2,1-2H3,(H2,9,10)/b5-3-,7-4+. The van der Waals surface area contributed by atoms with E-state index >= 15 is 0 Å². The third kappa shape index (κ3) is 3.89. The first kappa shape index (κ1) is 8.95. The topological polar surface area (TPSA) is 43.1 Å². The smallest absolute Gasteiger partial charge is 0.221 e. The van der Waals surface area contributed by atoms with Crippen molar-refractivity contribution in [3.63, 3.8) is 0 Å². The van der Waals surface area contributed by atoms with Gasteiger partial charge in [-0.25, -0.2) is 0 Å². The fourth-order valence-electron chi connectivity index (χ4n) is 0.672. The fourth-order valence-corrected chi connectivity index (χ4v) is 0.672. The van der Waals surface area contributed by atoms with Crippen molar-refractivity contribution in [1.29, 1.82) is 0 Å². The summed E-state index contributed by atoms with van der Waals surface area (Å²) in [4.78, 5) is 10.4. The summed E-state index contributed by atoms with van der Waals surface area (Å²) in [6.45, 7) is 3.79. The van der Waals surface area contributed by atoms with Crippen molar-refractivity contribution >= 4 is 5.91 Å². The van der Waals surface area contributed by atoms with Gasteiger partial charge >= 0.3 is 0 Å². The minimum absolute atomic E-state index is 0.286. The number of allylic oxidation sites excluding steroid dienone is 3. The predicted molar refractivity (Wildman–Crippen MR) is 42.4 cm³/mol. The molecule has 0 saturated carbocycles. The van der Waals surface area contributed by atoms with Gasteiger partial charge in [-0.3, -0.25) is 4.79 Å². The lowest BCUT2D eigenvalue weighted by Crippen LogP contribution is -2.10. The van der Waals surface area contributed by atoms with Crippen molar-refractivity contribution in [1.82, 2.24) is 0 Å². The largest absolute Gasteiger partial charge is 0.369 e. The lowest BCUT2D eigenvalue weighted by molar-refractivity contribution is -0.117. The van der Waals surface area contributed by atoms with E-state index in [2.05, 4.69) is 0 Å². The minimum Gasteiger partial charge on any atom is -0.369 e. The number of primary amides is 1. The van der Waals surface area contributed by atoms with Crippen LogP contribution in [0.2, 0.25) is 0 Å². The lowest BCUT2D eigenvalue weighted by Gasteiger charge is -1.94. The van der Waals surface area contributed by atoms with E-state index in [1.54, 1.807) is 0 Å². The first-order valence-electron chi connectivity index (χ1n) is 3.27. The van der Waals surface area contributed by atoms with E-state index in [-0.39, 0.29) is 5.91 Å². The Labute approximate surface area is 61.4 Å². The Morgan fingerprint density at radius 2 is 2.10 bits per heavy atom. The van der Waals surface area contributed by atoms with Gasteiger partial charge < -0.3 is 5.73 Å². The molecule has 0 aromatic carbocycles. The second-order valence-corrected chi connectivity index (χ2v) is 2.01. The number of nitrogens with two attached hydrogens (primary N) is 1. The van der Waals surface area contributed by atoms with E-state index in [0.29, 0.717) is 6.42 Å². The van der Waals surface area contributed by atoms with Gasteiger partial charge in [-0.05, 0) is 19.4 Å². The van der Waals surface area contributed by atoms with Crippen molar-refractivity contribution < 1.29 is 4.79 Å². The number of amides is 1. The van der Waals surface area contributed by atoms with Crippen LogP contribution < -0.4 is 5.73 Å². The first-order chi connectivity index (χ1) is 4.70. The van der Waals surface area contributed by atoms with Gasteiger partial charge in [0, 0.05) is 0 Å². The molecule has 0 aliphatic carbocycles. The van der Waals surface area contributed by atoms with E-state index in [9.17, 15) is 4.79 Å². The van der Waals surface area contributed by atoms with Gasteiger partial charge in [-0.15, -0.1) is 0 Å². The van der Waals surface area contributed by atoms with E-state index < -0.39 is 0 Å². The Kier molecular flexibility index (Phi) is 4.29. The summed E-state index contributed by atoms with van der Waals surface area (Å²) >= 11 is 0. The van der Waals surface area contributed by atoms with Crippen LogP contribution in [-0.4, -0.2) is 5.91 Å². The van der Waals surface area contributed by atoms with Gasteiger partial charge in [-0.1, -0.05) is 18.2 Å². The quantitative estimate of drug-likeness (QED) is 0.590. The maximum Gasteiger partial charge on any atom is 0.221 e. The van der Waals surface area contributed by atoms with Gasteiger partial charge in [0.15, 0.2) is 0 Å². The highest BCUT2D eigenvalue weighted by atomic mass is 16.1. The molecule has 0 spiro atoms. The summed E-state index contributed by atoms with van der Waals surface area (Å²) in [5.41, 5.74) is 5.95. The molecule has 0 aromatic rings. The number of carbonyl (C=O) groups excluding carboxylic acids is 1. The van der Waals surface area contributed by atoms with Gasteiger partial charge in [0.2, 0.25) is 5.91 Å². The second kappa shape index (κ2) is 4.79. The molecule has 2 heteroatoms.